The molecule has 0 unspecified atom stereocenters. The number of aromatic nitrogens is 4. The van der Waals surface area contributed by atoms with Crippen molar-refractivity contribution in [3.05, 3.63) is 64.4 Å². The van der Waals surface area contributed by atoms with Crippen molar-refractivity contribution in [3.8, 4) is 0 Å². The molecule has 0 N–H and O–H groups in total. The summed E-state index contributed by atoms with van der Waals surface area (Å²) in [5, 5.41) is 12.4. The van der Waals surface area contributed by atoms with E-state index in [9.17, 15) is 0 Å². The Morgan fingerprint density at radius 1 is 0.903 bits per heavy atom. The summed E-state index contributed by atoms with van der Waals surface area (Å²) in [6, 6.07) is 15.3. The van der Waals surface area contributed by atoms with Crippen molar-refractivity contribution in [1.82, 2.24) is 15.3 Å². The van der Waals surface area contributed by atoms with Gasteiger partial charge in [-0.1, -0.05) is 35.1 Å². The molecule has 0 aliphatic carbocycles. The van der Waals surface area contributed by atoms with E-state index in [1.54, 1.807) is 13.1 Å². The molecule has 2 aromatic carbocycles. The number of nitrogens with zero attached hydrogens (tertiary/aromatic N) is 10. The molecule has 0 radical (unpaired) electrons. The number of anilines is 4. The Morgan fingerprint density at radius 2 is 1.71 bits per heavy atom. The van der Waals surface area contributed by atoms with Crippen molar-refractivity contribution in [1.29, 1.82) is 0 Å². The first kappa shape index (κ1) is 19.9. The predicted molar refractivity (Wildman–Crippen MR) is 144 cm³/mol. The molecule has 2 aliphatic rings. The van der Waals surface area contributed by atoms with Crippen molar-refractivity contribution in [3.63, 3.8) is 0 Å². The molecule has 2 aliphatic heterocycles. The number of rotatable bonds is 2. The van der Waals surface area contributed by atoms with E-state index in [2.05, 4.69) is 84.3 Å². The van der Waals surface area contributed by atoms with Crippen LogP contribution in [0.5, 0.6) is 0 Å². The van der Waals surface area contributed by atoms with Gasteiger partial charge < -0.3 is 21.1 Å². The molecule has 31 heavy (non-hydrogen) atoms. The molecule has 0 atom stereocenters. The van der Waals surface area contributed by atoms with Gasteiger partial charge in [-0.05, 0) is 30.3 Å². The summed E-state index contributed by atoms with van der Waals surface area (Å²) in [7, 11) is 0. The minimum Gasteiger partial charge on any atom is -0.570 e. The summed E-state index contributed by atoms with van der Waals surface area (Å²) in [6.45, 7) is 0. The quantitative estimate of drug-likeness (QED) is 0.190. The largest absolute Gasteiger partial charge is 0.570 e. The lowest BCUT2D eigenvalue weighted by atomic mass is 10.3. The minimum absolute atomic E-state index is 0.660. The number of fused-ring (bicyclic) bond motifs is 3. The van der Waals surface area contributed by atoms with E-state index in [1.165, 1.54) is 0 Å². The highest BCUT2D eigenvalue weighted by Crippen LogP contribution is 2.50. The fourth-order valence-corrected chi connectivity index (χ4v) is 5.32. The van der Waals surface area contributed by atoms with Crippen molar-refractivity contribution in [2.24, 2.45) is 0 Å². The van der Waals surface area contributed by atoms with E-state index in [4.69, 9.17) is 22.0 Å². The summed E-state index contributed by atoms with van der Waals surface area (Å²) < 4.78 is 5.47. The average Bonchev–Trinajstić information content (AvgIpc) is 3.42. The highest BCUT2D eigenvalue weighted by molar-refractivity contribution is 14.1. The van der Waals surface area contributed by atoms with Crippen LogP contribution in [0.1, 0.15) is 0 Å². The van der Waals surface area contributed by atoms with Crippen LogP contribution in [0.2, 0.25) is 5.02 Å². The lowest BCUT2D eigenvalue weighted by Crippen LogP contribution is -2.29. The molecular weight excluding hydrogens is 760 g/mol. The molecular formula is C17H8ClI3N10-2. The topological polar surface area (TPSA) is 84.9 Å². The number of pyridine rings is 1. The minimum atomic E-state index is 0.660. The zero-order valence-electron chi connectivity index (χ0n) is 15.1. The van der Waals surface area contributed by atoms with Crippen LogP contribution in [0.15, 0.2) is 48.5 Å². The van der Waals surface area contributed by atoms with Gasteiger partial charge in [0.15, 0.2) is 28.4 Å². The van der Waals surface area contributed by atoms with Crippen LogP contribution in [-0.4, -0.2) is 10.1 Å². The van der Waals surface area contributed by atoms with Crippen LogP contribution in [0.25, 0.3) is 21.9 Å². The van der Waals surface area contributed by atoms with E-state index in [-0.39, 0.29) is 0 Å². The van der Waals surface area contributed by atoms with Crippen molar-refractivity contribution in [2.75, 3.05) is 16.7 Å². The van der Waals surface area contributed by atoms with E-state index in [0.29, 0.717) is 16.7 Å². The molecule has 4 heterocycles. The van der Waals surface area contributed by atoms with Gasteiger partial charge in [0.1, 0.15) is 11.6 Å². The summed E-state index contributed by atoms with van der Waals surface area (Å²) in [4.78, 5) is 4.82. The Balaban J connectivity index is 1.32. The van der Waals surface area contributed by atoms with Gasteiger partial charge in [0.25, 0.3) is 0 Å². The van der Waals surface area contributed by atoms with Crippen molar-refractivity contribution in [2.45, 2.75) is 0 Å². The first-order chi connectivity index (χ1) is 15.0. The third-order valence-corrected chi connectivity index (χ3v) is 7.46. The Kier molecular flexibility index (Phi) is 4.76. The van der Waals surface area contributed by atoms with Crippen LogP contribution in [0.3, 0.4) is 0 Å². The first-order valence-corrected chi connectivity index (χ1v) is 12.0. The molecule has 0 spiro atoms. The Morgan fingerprint density at radius 3 is 2.58 bits per heavy atom. The number of hydrogen-bond acceptors (Lipinski definition) is 6. The van der Waals surface area contributed by atoms with Crippen LogP contribution in [0, 0.1) is 0 Å². The Hall–Kier alpha value is -1.73. The van der Waals surface area contributed by atoms with E-state index < -0.39 is 0 Å². The van der Waals surface area contributed by atoms with Gasteiger partial charge in [-0.25, -0.2) is 11.4 Å². The second-order valence-corrected chi connectivity index (χ2v) is 9.75. The summed E-state index contributed by atoms with van der Waals surface area (Å²) >= 11 is 12.6. The number of benzene rings is 2. The standard InChI is InChI=1S/C17H8ClI3N10/c18-9-1-3-12-15(7-9)28(20)31(24-12)16-6-5-13-17(22-16)29(21)30(25-13)10-2-4-11-14(8-10)27(19)26-23-11/h1-8H/q-2. The van der Waals surface area contributed by atoms with Crippen molar-refractivity contribution < 1.29 is 2.90 Å². The molecule has 2 aromatic heterocycles. The number of hydrogen-bond donors (Lipinski definition) is 0. The normalized spacial score (nSPS) is 14.7. The summed E-state index contributed by atoms with van der Waals surface area (Å²) in [5.41, 5.74) is 14.5. The molecule has 6 rings (SSSR count). The molecule has 0 bridgehead atoms. The van der Waals surface area contributed by atoms with Crippen LogP contribution >= 0.6 is 80.2 Å². The molecule has 14 heteroatoms. The van der Waals surface area contributed by atoms with Gasteiger partial charge in [-0.2, -0.15) is 0 Å². The third-order valence-electron chi connectivity index (χ3n) is 4.71. The molecule has 0 amide bonds. The predicted octanol–water partition coefficient (Wildman–Crippen LogP) is 5.75. The number of halogens is 4. The maximum atomic E-state index is 6.15. The van der Waals surface area contributed by atoms with Gasteiger partial charge in [0, 0.05) is 16.8 Å². The maximum absolute atomic E-state index is 6.15. The Labute approximate surface area is 222 Å². The van der Waals surface area contributed by atoms with E-state index in [0.717, 1.165) is 33.8 Å². The second-order valence-electron chi connectivity index (χ2n) is 6.57. The summed E-state index contributed by atoms with van der Waals surface area (Å²) in [6.07, 6.45) is 0. The van der Waals surface area contributed by atoms with Gasteiger partial charge in [0.05, 0.1) is 51.4 Å². The highest BCUT2D eigenvalue weighted by Gasteiger charge is 2.23. The lowest BCUT2D eigenvalue weighted by Gasteiger charge is -2.36. The second kappa shape index (κ2) is 7.41. The monoisotopic (exact) mass is 768 g/mol. The molecule has 10 nitrogen and oxygen atoms in total. The third kappa shape index (κ3) is 3.18. The molecule has 4 aromatic rings. The van der Waals surface area contributed by atoms with Crippen molar-refractivity contribution >= 4 is 126 Å². The zero-order chi connectivity index (χ0) is 21.3. The lowest BCUT2D eigenvalue weighted by molar-refractivity contribution is -0.493. The van der Waals surface area contributed by atoms with E-state index >= 15 is 0 Å². The van der Waals surface area contributed by atoms with Gasteiger partial charge in [-0.3, -0.25) is 8.11 Å². The van der Waals surface area contributed by atoms with Crippen LogP contribution < -0.4 is 24.8 Å². The molecule has 0 saturated carbocycles. The van der Waals surface area contributed by atoms with Gasteiger partial charge in [0.2, 0.25) is 5.52 Å². The van der Waals surface area contributed by atoms with Crippen LogP contribution in [-0.2, 0) is 0 Å². The first-order valence-electron chi connectivity index (χ1n) is 8.77. The smallest absolute Gasteiger partial charge is 0.202 e. The van der Waals surface area contributed by atoms with Crippen LogP contribution in [0.4, 0.5) is 34.4 Å². The fourth-order valence-electron chi connectivity index (χ4n) is 3.26. The summed E-state index contributed by atoms with van der Waals surface area (Å²) in [5.74, 6) is 1.39. The number of hydrazine groups is 2. The fraction of sp³-hybridized carbons (Fsp3) is 0. The van der Waals surface area contributed by atoms with Gasteiger partial charge >= 0.3 is 0 Å². The maximum Gasteiger partial charge on any atom is 0.202 e. The zero-order valence-corrected chi connectivity index (χ0v) is 22.3. The highest BCUT2D eigenvalue weighted by atomic mass is 127. The van der Waals surface area contributed by atoms with Gasteiger partial charge in [-0.15, -0.1) is 5.10 Å². The van der Waals surface area contributed by atoms with E-state index in [1.807, 2.05) is 55.0 Å². The average molecular weight is 768 g/mol. The SMILES string of the molecule is Clc1ccc2c(c1)N(I)N(c1ccc3c(n1)N(I)N(c1ccc4n[n-][n+](I)c4c1)[N-]3)[N-]2. The molecule has 0 fully saturated rings. The molecule has 0 saturated heterocycles. The Bertz CT molecular complexity index is 1350. The molecule has 156 valence electrons.